The summed E-state index contributed by atoms with van der Waals surface area (Å²) in [4.78, 5) is 0. The Bertz CT molecular complexity index is 374. The summed E-state index contributed by atoms with van der Waals surface area (Å²) in [7, 11) is -1.47. The van der Waals surface area contributed by atoms with Gasteiger partial charge in [-0.2, -0.15) is 5.26 Å². The lowest BCUT2D eigenvalue weighted by molar-refractivity contribution is 0.627. The minimum absolute atomic E-state index is 0.227. The summed E-state index contributed by atoms with van der Waals surface area (Å²) >= 11 is 0. The second kappa shape index (κ2) is 3.93. The van der Waals surface area contributed by atoms with Gasteiger partial charge in [0.1, 0.15) is 5.82 Å². The van der Waals surface area contributed by atoms with Gasteiger partial charge in [-0.05, 0) is 17.7 Å². The van der Waals surface area contributed by atoms with Crippen LogP contribution in [-0.2, 0) is 6.42 Å². The summed E-state index contributed by atoms with van der Waals surface area (Å²) in [6, 6.07) is 7.02. The van der Waals surface area contributed by atoms with E-state index in [4.69, 9.17) is 5.26 Å². The van der Waals surface area contributed by atoms with Crippen molar-refractivity contribution in [1.29, 1.82) is 5.26 Å². The fourth-order valence-corrected chi connectivity index (χ4v) is 2.47. The molecule has 74 valence electrons. The molecule has 14 heavy (non-hydrogen) atoms. The highest BCUT2D eigenvalue weighted by Crippen LogP contribution is 2.08. The first kappa shape index (κ1) is 10.9. The lowest BCUT2D eigenvalue weighted by atomic mass is 10.2. The first-order chi connectivity index (χ1) is 6.43. The van der Waals surface area contributed by atoms with Crippen LogP contribution in [-0.4, -0.2) is 8.07 Å². The zero-order valence-corrected chi connectivity index (χ0v) is 9.76. The van der Waals surface area contributed by atoms with Gasteiger partial charge < -0.3 is 0 Å². The minimum Gasteiger partial charge on any atom is -0.207 e. The number of halogens is 1. The highest BCUT2D eigenvalue weighted by atomic mass is 28.3. The molecule has 1 nitrogen and oxygen atoms in total. The van der Waals surface area contributed by atoms with Crippen LogP contribution in [0.15, 0.2) is 18.2 Å². The predicted octanol–water partition coefficient (Wildman–Crippen LogP) is 2.44. The maximum Gasteiger partial charge on any atom is 0.123 e. The molecule has 3 heteroatoms. The summed E-state index contributed by atoms with van der Waals surface area (Å²) in [6.07, 6.45) is 0.287. The molecule has 0 bridgehead atoms. The molecule has 0 fully saturated rings. The molecule has 0 atom stereocenters. The van der Waals surface area contributed by atoms with Gasteiger partial charge in [-0.1, -0.05) is 30.9 Å². The Kier molecular flexibility index (Phi) is 3.07. The second-order valence-corrected chi connectivity index (χ2v) is 9.51. The molecule has 0 aliphatic heterocycles. The van der Waals surface area contributed by atoms with Crippen molar-refractivity contribution in [2.24, 2.45) is 0 Å². The summed E-state index contributed by atoms with van der Waals surface area (Å²) < 4.78 is 13.2. The van der Waals surface area contributed by atoms with Gasteiger partial charge in [0.2, 0.25) is 0 Å². The van der Waals surface area contributed by atoms with Crippen molar-refractivity contribution in [1.82, 2.24) is 0 Å². The fourth-order valence-electron chi connectivity index (χ4n) is 1.28. The molecule has 0 unspecified atom stereocenters. The normalized spacial score (nSPS) is 11.1. The first-order valence-corrected chi connectivity index (χ1v) is 8.10. The molecule has 0 saturated heterocycles. The molecule has 0 aliphatic rings. The van der Waals surface area contributed by atoms with Crippen LogP contribution in [0.1, 0.15) is 5.56 Å². The van der Waals surface area contributed by atoms with Crippen LogP contribution in [0.3, 0.4) is 0 Å². The Morgan fingerprint density at radius 3 is 2.43 bits per heavy atom. The molecule has 0 N–H and O–H groups in total. The van der Waals surface area contributed by atoms with Crippen LogP contribution in [0.4, 0.5) is 4.39 Å². The highest BCUT2D eigenvalue weighted by molar-refractivity contribution is 6.88. The van der Waals surface area contributed by atoms with Gasteiger partial charge in [0, 0.05) is 0 Å². The molecule has 1 rings (SSSR count). The van der Waals surface area contributed by atoms with E-state index in [1.807, 2.05) is 12.1 Å². The number of rotatable bonds is 2. The number of hydrogen-bond acceptors (Lipinski definition) is 1. The van der Waals surface area contributed by atoms with E-state index < -0.39 is 8.07 Å². The van der Waals surface area contributed by atoms with E-state index >= 15 is 0 Å². The quantitative estimate of drug-likeness (QED) is 0.683. The highest BCUT2D eigenvalue weighted by Gasteiger charge is 2.17. The minimum atomic E-state index is -1.47. The molecular weight excluding hydrogens is 193 g/mol. The monoisotopic (exact) mass is 207 g/mol. The summed E-state index contributed by atoms with van der Waals surface area (Å²) in [5.41, 5.74) is 0.782. The van der Waals surface area contributed by atoms with Crippen molar-refractivity contribution in [3.8, 4) is 6.07 Å². The zero-order chi connectivity index (χ0) is 10.8. The van der Waals surface area contributed by atoms with Crippen LogP contribution in [0.25, 0.3) is 0 Å². The van der Waals surface area contributed by atoms with Gasteiger partial charge in [0.15, 0.2) is 0 Å². The molecule has 0 spiro atoms. The molecular formula is C11H14FNSi. The fraction of sp³-hybridized carbons (Fsp3) is 0.364. The van der Waals surface area contributed by atoms with Crippen LogP contribution in [0.5, 0.6) is 0 Å². The maximum atomic E-state index is 13.2. The summed E-state index contributed by atoms with van der Waals surface area (Å²) in [5.74, 6) is -0.227. The topological polar surface area (TPSA) is 23.8 Å². The van der Waals surface area contributed by atoms with Crippen LogP contribution in [0, 0.1) is 17.1 Å². The van der Waals surface area contributed by atoms with Gasteiger partial charge in [-0.25, -0.2) is 4.39 Å². The summed E-state index contributed by atoms with van der Waals surface area (Å²) in [5, 5.41) is 9.62. The third kappa shape index (κ3) is 2.68. The number of hydrogen-bond donors (Lipinski definition) is 0. The standard InChI is InChI=1S/C11H14FNSi/c1-14(2,3)11-7-9(4-5-13)6-10(12)8-11/h6-8H,4H2,1-3H3. The van der Waals surface area contributed by atoms with Gasteiger partial charge in [-0.15, -0.1) is 0 Å². The summed E-state index contributed by atoms with van der Waals surface area (Å²) in [6.45, 7) is 6.49. The second-order valence-electron chi connectivity index (χ2n) is 4.43. The number of benzene rings is 1. The van der Waals surface area contributed by atoms with Gasteiger partial charge in [0.05, 0.1) is 20.6 Å². The van der Waals surface area contributed by atoms with Crippen molar-refractivity contribution in [3.05, 3.63) is 29.6 Å². The third-order valence-corrected chi connectivity index (χ3v) is 4.13. The van der Waals surface area contributed by atoms with Crippen molar-refractivity contribution in [2.75, 3.05) is 0 Å². The van der Waals surface area contributed by atoms with E-state index in [1.54, 1.807) is 6.07 Å². The average molecular weight is 207 g/mol. The molecule has 0 radical (unpaired) electrons. The van der Waals surface area contributed by atoms with Crippen molar-refractivity contribution >= 4 is 13.3 Å². The molecule has 0 saturated carbocycles. The van der Waals surface area contributed by atoms with Gasteiger partial charge >= 0.3 is 0 Å². The smallest absolute Gasteiger partial charge is 0.123 e. The largest absolute Gasteiger partial charge is 0.207 e. The Morgan fingerprint density at radius 1 is 1.29 bits per heavy atom. The number of nitrogens with zero attached hydrogens (tertiary/aromatic N) is 1. The van der Waals surface area contributed by atoms with E-state index in [2.05, 4.69) is 19.6 Å². The maximum absolute atomic E-state index is 13.2. The Hall–Kier alpha value is -1.14. The first-order valence-electron chi connectivity index (χ1n) is 4.60. The number of nitriles is 1. The molecule has 0 amide bonds. The van der Waals surface area contributed by atoms with Crippen LogP contribution in [0.2, 0.25) is 19.6 Å². The van der Waals surface area contributed by atoms with Crippen molar-refractivity contribution < 1.29 is 4.39 Å². The van der Waals surface area contributed by atoms with E-state index in [0.717, 1.165) is 10.8 Å². The van der Waals surface area contributed by atoms with Gasteiger partial charge in [0.25, 0.3) is 0 Å². The zero-order valence-electron chi connectivity index (χ0n) is 8.76. The lowest BCUT2D eigenvalue weighted by Crippen LogP contribution is -2.38. The lowest BCUT2D eigenvalue weighted by Gasteiger charge is -2.17. The average Bonchev–Trinajstić information content (AvgIpc) is 2.02. The van der Waals surface area contributed by atoms with E-state index in [9.17, 15) is 4.39 Å². The van der Waals surface area contributed by atoms with Crippen molar-refractivity contribution in [3.63, 3.8) is 0 Å². The van der Waals surface area contributed by atoms with Crippen molar-refractivity contribution in [2.45, 2.75) is 26.1 Å². The Balaban J connectivity index is 3.15. The van der Waals surface area contributed by atoms with Gasteiger partial charge in [-0.3, -0.25) is 0 Å². The third-order valence-electron chi connectivity index (χ3n) is 2.11. The molecule has 0 aliphatic carbocycles. The van der Waals surface area contributed by atoms with E-state index in [-0.39, 0.29) is 12.2 Å². The van der Waals surface area contributed by atoms with Crippen LogP contribution < -0.4 is 5.19 Å². The SMILES string of the molecule is C[Si](C)(C)c1cc(F)cc(CC#N)c1. The molecule has 0 aromatic heterocycles. The van der Waals surface area contributed by atoms with Crippen LogP contribution >= 0.6 is 0 Å². The van der Waals surface area contributed by atoms with E-state index in [0.29, 0.717) is 0 Å². The Morgan fingerprint density at radius 2 is 1.93 bits per heavy atom. The predicted molar refractivity (Wildman–Crippen MR) is 58.7 cm³/mol. The molecule has 1 aromatic rings. The van der Waals surface area contributed by atoms with E-state index in [1.165, 1.54) is 6.07 Å². The molecule has 1 aromatic carbocycles. The molecule has 0 heterocycles. The Labute approximate surface area is 85.2 Å².